The monoisotopic (exact) mass is 180 g/mol. The molecule has 0 bridgehead atoms. The maximum Gasteiger partial charge on any atom is 0.327 e. The minimum Gasteiger partial charge on any atom is -0.497 e. The van der Waals surface area contributed by atoms with Crippen molar-refractivity contribution in [3.05, 3.63) is 36.1 Å². The van der Waals surface area contributed by atoms with Gasteiger partial charge in [-0.1, -0.05) is 12.2 Å². The SMILES string of the molecule is COC1=CCC(/C=C/C(=O)O)C=C1. The first-order chi connectivity index (χ1) is 6.22. The predicted molar refractivity (Wildman–Crippen MR) is 49.1 cm³/mol. The molecule has 3 nitrogen and oxygen atoms in total. The number of allylic oxidation sites excluding steroid dienone is 4. The van der Waals surface area contributed by atoms with E-state index in [2.05, 4.69) is 0 Å². The van der Waals surface area contributed by atoms with Crippen LogP contribution in [-0.2, 0) is 9.53 Å². The molecule has 0 spiro atoms. The molecule has 3 heteroatoms. The first kappa shape index (κ1) is 9.58. The normalized spacial score (nSPS) is 21.6. The first-order valence-electron chi connectivity index (χ1n) is 4.06. The van der Waals surface area contributed by atoms with Crippen LogP contribution in [0, 0.1) is 5.92 Å². The van der Waals surface area contributed by atoms with Gasteiger partial charge in [-0.2, -0.15) is 0 Å². The third-order valence-corrected chi connectivity index (χ3v) is 1.82. The highest BCUT2D eigenvalue weighted by molar-refractivity contribution is 5.79. The van der Waals surface area contributed by atoms with Crippen LogP contribution in [-0.4, -0.2) is 18.2 Å². The summed E-state index contributed by atoms with van der Waals surface area (Å²) in [5.41, 5.74) is 0. The van der Waals surface area contributed by atoms with Crippen LogP contribution >= 0.6 is 0 Å². The van der Waals surface area contributed by atoms with E-state index < -0.39 is 5.97 Å². The number of carbonyl (C=O) groups is 1. The molecule has 0 amide bonds. The van der Waals surface area contributed by atoms with Gasteiger partial charge >= 0.3 is 5.97 Å². The van der Waals surface area contributed by atoms with Gasteiger partial charge in [-0.15, -0.1) is 0 Å². The molecule has 13 heavy (non-hydrogen) atoms. The van der Waals surface area contributed by atoms with E-state index in [0.717, 1.165) is 12.2 Å². The van der Waals surface area contributed by atoms with Crippen LogP contribution in [0.25, 0.3) is 0 Å². The lowest BCUT2D eigenvalue weighted by atomic mass is 10.00. The van der Waals surface area contributed by atoms with E-state index in [1.807, 2.05) is 18.2 Å². The first-order valence-corrected chi connectivity index (χ1v) is 4.06. The Hall–Kier alpha value is -1.51. The molecule has 1 aliphatic carbocycles. The number of ether oxygens (including phenoxy) is 1. The van der Waals surface area contributed by atoms with E-state index in [1.54, 1.807) is 13.2 Å². The Morgan fingerprint density at radius 1 is 1.77 bits per heavy atom. The van der Waals surface area contributed by atoms with Gasteiger partial charge in [0.15, 0.2) is 0 Å². The Bertz CT molecular complexity index is 274. The summed E-state index contributed by atoms with van der Waals surface area (Å²) < 4.78 is 5.00. The zero-order valence-electron chi connectivity index (χ0n) is 7.43. The molecular weight excluding hydrogens is 168 g/mol. The van der Waals surface area contributed by atoms with E-state index in [9.17, 15) is 4.79 Å². The van der Waals surface area contributed by atoms with Crippen molar-refractivity contribution in [2.24, 2.45) is 5.92 Å². The average Bonchev–Trinajstić information content (AvgIpc) is 2.15. The van der Waals surface area contributed by atoms with E-state index in [4.69, 9.17) is 9.84 Å². The Morgan fingerprint density at radius 3 is 3.00 bits per heavy atom. The molecule has 0 fully saturated rings. The van der Waals surface area contributed by atoms with Crippen molar-refractivity contribution in [1.82, 2.24) is 0 Å². The molecule has 0 aliphatic heterocycles. The molecule has 0 aromatic heterocycles. The second-order valence-corrected chi connectivity index (χ2v) is 2.77. The highest BCUT2D eigenvalue weighted by Gasteiger charge is 2.05. The van der Waals surface area contributed by atoms with Crippen molar-refractivity contribution in [3.8, 4) is 0 Å². The van der Waals surface area contributed by atoms with Gasteiger partial charge in [0, 0.05) is 6.08 Å². The van der Waals surface area contributed by atoms with Gasteiger partial charge in [-0.3, -0.25) is 0 Å². The summed E-state index contributed by atoms with van der Waals surface area (Å²) >= 11 is 0. The van der Waals surface area contributed by atoms with E-state index in [-0.39, 0.29) is 5.92 Å². The van der Waals surface area contributed by atoms with Crippen molar-refractivity contribution in [2.45, 2.75) is 6.42 Å². The van der Waals surface area contributed by atoms with Crippen LogP contribution in [0.15, 0.2) is 36.1 Å². The van der Waals surface area contributed by atoms with Gasteiger partial charge < -0.3 is 9.84 Å². The van der Waals surface area contributed by atoms with Crippen molar-refractivity contribution >= 4 is 5.97 Å². The minimum atomic E-state index is -0.907. The third kappa shape index (κ3) is 3.15. The molecule has 0 heterocycles. The fourth-order valence-electron chi connectivity index (χ4n) is 1.12. The summed E-state index contributed by atoms with van der Waals surface area (Å²) in [6, 6.07) is 0. The Balaban J connectivity index is 2.48. The second kappa shape index (κ2) is 4.50. The van der Waals surface area contributed by atoms with Crippen LogP contribution in [0.5, 0.6) is 0 Å². The summed E-state index contributed by atoms with van der Waals surface area (Å²) in [4.78, 5) is 10.2. The smallest absolute Gasteiger partial charge is 0.327 e. The van der Waals surface area contributed by atoms with Gasteiger partial charge in [0.05, 0.1) is 7.11 Å². The fourth-order valence-corrected chi connectivity index (χ4v) is 1.12. The minimum absolute atomic E-state index is 0.176. The number of hydrogen-bond donors (Lipinski definition) is 1. The molecule has 0 aromatic rings. The largest absolute Gasteiger partial charge is 0.497 e. The third-order valence-electron chi connectivity index (χ3n) is 1.82. The van der Waals surface area contributed by atoms with Crippen LogP contribution in [0.1, 0.15) is 6.42 Å². The predicted octanol–water partition coefficient (Wildman–Crippen LogP) is 1.73. The standard InChI is InChI=1S/C10H12O3/c1-13-9-5-2-8(3-6-9)4-7-10(11)12/h2,4-8H,3H2,1H3,(H,11,12)/b7-4+. The maximum atomic E-state index is 10.2. The molecule has 1 rings (SSSR count). The summed E-state index contributed by atoms with van der Waals surface area (Å²) in [6.07, 6.45) is 9.35. The summed E-state index contributed by atoms with van der Waals surface area (Å²) in [5, 5.41) is 8.39. The quantitative estimate of drug-likeness (QED) is 0.673. The number of aliphatic carboxylic acids is 1. The molecule has 0 saturated heterocycles. The molecule has 1 unspecified atom stereocenters. The van der Waals surface area contributed by atoms with Crippen molar-refractivity contribution in [1.29, 1.82) is 0 Å². The topological polar surface area (TPSA) is 46.5 Å². The van der Waals surface area contributed by atoms with E-state index in [0.29, 0.717) is 0 Å². The van der Waals surface area contributed by atoms with Crippen LogP contribution in [0.2, 0.25) is 0 Å². The van der Waals surface area contributed by atoms with Gasteiger partial charge in [0.25, 0.3) is 0 Å². The van der Waals surface area contributed by atoms with Crippen LogP contribution < -0.4 is 0 Å². The highest BCUT2D eigenvalue weighted by atomic mass is 16.5. The summed E-state index contributed by atoms with van der Waals surface area (Å²) in [7, 11) is 1.61. The fraction of sp³-hybridized carbons (Fsp3) is 0.300. The number of carboxylic acid groups (broad SMARTS) is 1. The van der Waals surface area contributed by atoms with E-state index >= 15 is 0 Å². The number of rotatable bonds is 3. The molecular formula is C10H12O3. The highest BCUT2D eigenvalue weighted by Crippen LogP contribution is 2.17. The average molecular weight is 180 g/mol. The molecule has 70 valence electrons. The summed E-state index contributed by atoms with van der Waals surface area (Å²) in [6.45, 7) is 0. The molecule has 1 N–H and O–H groups in total. The molecule has 0 saturated carbocycles. The molecule has 0 aromatic carbocycles. The van der Waals surface area contributed by atoms with E-state index in [1.165, 1.54) is 6.08 Å². The van der Waals surface area contributed by atoms with Crippen molar-refractivity contribution < 1.29 is 14.6 Å². The Labute approximate surface area is 77.0 Å². The molecule has 0 radical (unpaired) electrons. The summed E-state index contributed by atoms with van der Waals surface area (Å²) in [5.74, 6) is 0.102. The van der Waals surface area contributed by atoms with Crippen LogP contribution in [0.3, 0.4) is 0 Å². The van der Waals surface area contributed by atoms with Crippen LogP contribution in [0.4, 0.5) is 0 Å². The second-order valence-electron chi connectivity index (χ2n) is 2.77. The molecule has 1 aliphatic rings. The van der Waals surface area contributed by atoms with Crippen molar-refractivity contribution in [2.75, 3.05) is 7.11 Å². The lowest BCUT2D eigenvalue weighted by Gasteiger charge is -2.10. The van der Waals surface area contributed by atoms with Gasteiger partial charge in [0.2, 0.25) is 0 Å². The number of hydrogen-bond acceptors (Lipinski definition) is 2. The van der Waals surface area contributed by atoms with Gasteiger partial charge in [-0.25, -0.2) is 4.79 Å². The zero-order chi connectivity index (χ0) is 9.68. The maximum absolute atomic E-state index is 10.2. The van der Waals surface area contributed by atoms with Crippen molar-refractivity contribution in [3.63, 3.8) is 0 Å². The Morgan fingerprint density at radius 2 is 2.54 bits per heavy atom. The number of methoxy groups -OCH3 is 1. The lowest BCUT2D eigenvalue weighted by Crippen LogP contribution is -1.98. The zero-order valence-corrected chi connectivity index (χ0v) is 7.43. The Kier molecular flexibility index (Phi) is 3.31. The molecule has 1 atom stereocenters. The number of carboxylic acids is 1. The van der Waals surface area contributed by atoms with Gasteiger partial charge in [-0.05, 0) is 24.5 Å². The lowest BCUT2D eigenvalue weighted by molar-refractivity contribution is -0.131. The van der Waals surface area contributed by atoms with Gasteiger partial charge in [0.1, 0.15) is 5.76 Å².